The minimum absolute atomic E-state index is 0.494. The van der Waals surface area contributed by atoms with Gasteiger partial charge < -0.3 is 4.74 Å². The lowest BCUT2D eigenvalue weighted by Gasteiger charge is -2.11. The van der Waals surface area contributed by atoms with E-state index >= 15 is 0 Å². The van der Waals surface area contributed by atoms with Crippen molar-refractivity contribution in [3.63, 3.8) is 0 Å². The van der Waals surface area contributed by atoms with Gasteiger partial charge >= 0.3 is 12.1 Å². The Kier molecular flexibility index (Phi) is 4.35. The van der Waals surface area contributed by atoms with Crippen molar-refractivity contribution in [2.75, 3.05) is 18.1 Å². The van der Waals surface area contributed by atoms with Crippen LogP contribution in [0.3, 0.4) is 0 Å². The Balaban J connectivity index is 1.95. The molecule has 0 saturated heterocycles. The molecular weight excluding hydrogens is 246 g/mol. The van der Waals surface area contributed by atoms with Crippen LogP contribution in [0.5, 0.6) is 0 Å². The zero-order valence-electron chi connectivity index (χ0n) is 10.7. The number of anilines is 1. The molecular formula is C13H15N3O3. The zero-order valence-corrected chi connectivity index (χ0v) is 10.7. The molecule has 1 aliphatic rings. The van der Waals surface area contributed by atoms with Crippen molar-refractivity contribution in [3.8, 4) is 0 Å². The molecule has 100 valence electrons. The predicted molar refractivity (Wildman–Crippen MR) is 69.4 cm³/mol. The lowest BCUT2D eigenvalue weighted by Crippen LogP contribution is -2.27. The Bertz CT molecular complexity index is 478. The first-order valence-corrected chi connectivity index (χ1v) is 6.19. The molecule has 0 unspecified atom stereocenters. The van der Waals surface area contributed by atoms with Gasteiger partial charge in [0.15, 0.2) is 0 Å². The monoisotopic (exact) mass is 261 g/mol. The van der Waals surface area contributed by atoms with E-state index < -0.39 is 12.1 Å². The van der Waals surface area contributed by atoms with E-state index in [2.05, 4.69) is 10.2 Å². The van der Waals surface area contributed by atoms with E-state index in [-0.39, 0.29) is 0 Å². The number of benzene rings is 1. The summed E-state index contributed by atoms with van der Waals surface area (Å²) in [5, 5.41) is 6.43. The van der Waals surface area contributed by atoms with Crippen molar-refractivity contribution in [2.45, 2.75) is 19.8 Å². The Labute approximate surface area is 111 Å². The number of hydrogen-bond donors (Lipinski definition) is 0. The number of azo groups is 1. The van der Waals surface area contributed by atoms with Crippen LogP contribution >= 0.6 is 0 Å². The number of ether oxygens (including phenoxy) is 1. The third-order valence-corrected chi connectivity index (χ3v) is 2.76. The Morgan fingerprint density at radius 3 is 2.32 bits per heavy atom. The number of imide groups is 1. The molecule has 2 rings (SSSR count). The molecule has 0 spiro atoms. The number of hydrogen-bond acceptors (Lipinski definition) is 3. The fraction of sp³-hybridized carbons (Fsp3) is 0.385. The average molecular weight is 261 g/mol. The molecule has 0 bridgehead atoms. The van der Waals surface area contributed by atoms with Crippen LogP contribution in [0.25, 0.3) is 0 Å². The van der Waals surface area contributed by atoms with Crippen molar-refractivity contribution in [2.24, 2.45) is 10.2 Å². The van der Waals surface area contributed by atoms with Crippen LogP contribution < -0.4 is 4.90 Å². The Morgan fingerprint density at radius 1 is 1.11 bits per heavy atom. The molecule has 0 aromatic heterocycles. The number of amides is 4. The number of aryl methyl sites for hydroxylation is 1. The highest BCUT2D eigenvalue weighted by Gasteiger charge is 2.28. The maximum absolute atomic E-state index is 11.3. The van der Waals surface area contributed by atoms with E-state index in [0.717, 1.165) is 36.5 Å². The molecule has 4 amide bonds. The van der Waals surface area contributed by atoms with E-state index in [0.29, 0.717) is 5.69 Å². The van der Waals surface area contributed by atoms with Crippen molar-refractivity contribution in [1.29, 1.82) is 0 Å². The largest absolute Gasteiger partial charge is 0.382 e. The van der Waals surface area contributed by atoms with Gasteiger partial charge in [0.1, 0.15) is 0 Å². The molecule has 1 aromatic carbocycles. The first-order chi connectivity index (χ1) is 9.22. The zero-order chi connectivity index (χ0) is 13.7. The van der Waals surface area contributed by atoms with Crippen LogP contribution in [0.15, 0.2) is 34.5 Å². The summed E-state index contributed by atoms with van der Waals surface area (Å²) in [5.41, 5.74) is 1.63. The van der Waals surface area contributed by atoms with Gasteiger partial charge in [-0.05, 0) is 37.5 Å². The van der Waals surface area contributed by atoms with E-state index in [1.54, 1.807) is 12.1 Å². The van der Waals surface area contributed by atoms with Gasteiger partial charge in [-0.15, -0.1) is 0 Å². The molecule has 0 radical (unpaired) electrons. The van der Waals surface area contributed by atoms with Crippen LogP contribution in [0.1, 0.15) is 18.9 Å². The highest BCUT2D eigenvalue weighted by molar-refractivity contribution is 6.17. The second kappa shape index (κ2) is 6.19. The van der Waals surface area contributed by atoms with Crippen molar-refractivity contribution >= 4 is 17.7 Å². The summed E-state index contributed by atoms with van der Waals surface area (Å²) in [6.07, 6.45) is 1.84. The first kappa shape index (κ1) is 13.4. The second-order valence-electron chi connectivity index (χ2n) is 4.07. The number of carbonyl (C=O) groups excluding carboxylic acids is 2. The SMILES string of the molecule is CCOCCCc1ccc(N2C(=O)N=NC2=O)cc1. The number of carbonyl (C=O) groups is 2. The fourth-order valence-electron chi connectivity index (χ4n) is 1.81. The minimum atomic E-state index is -0.644. The lowest BCUT2D eigenvalue weighted by molar-refractivity contribution is 0.145. The Morgan fingerprint density at radius 2 is 1.74 bits per heavy atom. The second-order valence-corrected chi connectivity index (χ2v) is 4.07. The molecule has 19 heavy (non-hydrogen) atoms. The van der Waals surface area contributed by atoms with E-state index in [4.69, 9.17) is 4.74 Å². The van der Waals surface area contributed by atoms with Gasteiger partial charge in [-0.2, -0.15) is 0 Å². The van der Waals surface area contributed by atoms with Gasteiger partial charge in [0.25, 0.3) is 0 Å². The van der Waals surface area contributed by atoms with Gasteiger partial charge in [-0.25, -0.2) is 14.5 Å². The summed E-state index contributed by atoms with van der Waals surface area (Å²) >= 11 is 0. The molecule has 0 fully saturated rings. The molecule has 1 aliphatic heterocycles. The van der Waals surface area contributed by atoms with E-state index in [1.165, 1.54) is 0 Å². The van der Waals surface area contributed by atoms with E-state index in [1.807, 2.05) is 19.1 Å². The lowest BCUT2D eigenvalue weighted by atomic mass is 10.1. The smallest absolute Gasteiger partial charge is 0.375 e. The molecule has 0 saturated carbocycles. The molecule has 6 heteroatoms. The van der Waals surface area contributed by atoms with Gasteiger partial charge in [0.05, 0.1) is 5.69 Å². The highest BCUT2D eigenvalue weighted by atomic mass is 16.5. The maximum atomic E-state index is 11.3. The molecule has 0 atom stereocenters. The summed E-state index contributed by atoms with van der Waals surface area (Å²) < 4.78 is 5.27. The van der Waals surface area contributed by atoms with Crippen LogP contribution in [0.2, 0.25) is 0 Å². The Hall–Kier alpha value is -2.08. The molecule has 1 heterocycles. The van der Waals surface area contributed by atoms with Crippen LogP contribution in [-0.4, -0.2) is 25.3 Å². The molecule has 6 nitrogen and oxygen atoms in total. The third kappa shape index (κ3) is 3.23. The van der Waals surface area contributed by atoms with Gasteiger partial charge in [-0.1, -0.05) is 22.4 Å². The standard InChI is InChI=1S/C13H15N3O3/c1-2-19-9-3-4-10-5-7-11(8-6-10)16-12(17)14-15-13(16)18/h5-8H,2-4,9H2,1H3. The van der Waals surface area contributed by atoms with Crippen molar-refractivity contribution in [3.05, 3.63) is 29.8 Å². The predicted octanol–water partition coefficient (Wildman–Crippen LogP) is 3.17. The average Bonchev–Trinajstić information content (AvgIpc) is 2.75. The van der Waals surface area contributed by atoms with Crippen molar-refractivity contribution < 1.29 is 14.3 Å². The normalized spacial score (nSPS) is 14.5. The molecule has 0 N–H and O–H groups in total. The minimum Gasteiger partial charge on any atom is -0.382 e. The summed E-state index contributed by atoms with van der Waals surface area (Å²) in [4.78, 5) is 23.6. The first-order valence-electron chi connectivity index (χ1n) is 6.19. The molecule has 1 aromatic rings. The summed E-state index contributed by atoms with van der Waals surface area (Å²) in [5.74, 6) is 0. The number of rotatable bonds is 6. The number of nitrogens with zero attached hydrogens (tertiary/aromatic N) is 3. The number of urea groups is 2. The van der Waals surface area contributed by atoms with E-state index in [9.17, 15) is 9.59 Å². The molecule has 0 aliphatic carbocycles. The summed E-state index contributed by atoms with van der Waals surface area (Å²) in [7, 11) is 0. The maximum Gasteiger partial charge on any atom is 0.375 e. The highest BCUT2D eigenvalue weighted by Crippen LogP contribution is 2.21. The van der Waals surface area contributed by atoms with Crippen LogP contribution in [0, 0.1) is 0 Å². The summed E-state index contributed by atoms with van der Waals surface area (Å²) in [6.45, 7) is 3.43. The summed E-state index contributed by atoms with van der Waals surface area (Å²) in [6, 6.07) is 5.94. The van der Waals surface area contributed by atoms with Crippen LogP contribution in [0.4, 0.5) is 15.3 Å². The van der Waals surface area contributed by atoms with Gasteiger partial charge in [0, 0.05) is 13.2 Å². The van der Waals surface area contributed by atoms with Gasteiger partial charge in [0.2, 0.25) is 0 Å². The van der Waals surface area contributed by atoms with Gasteiger partial charge in [-0.3, -0.25) is 0 Å². The topological polar surface area (TPSA) is 71.3 Å². The quantitative estimate of drug-likeness (QED) is 0.738. The third-order valence-electron chi connectivity index (χ3n) is 2.76. The van der Waals surface area contributed by atoms with Crippen molar-refractivity contribution in [1.82, 2.24) is 0 Å². The fourth-order valence-corrected chi connectivity index (χ4v) is 1.81. The van der Waals surface area contributed by atoms with Crippen LogP contribution in [-0.2, 0) is 11.2 Å².